The van der Waals surface area contributed by atoms with Gasteiger partial charge in [0.2, 0.25) is 0 Å². The Morgan fingerprint density at radius 1 is 0.792 bits per heavy atom. The molecule has 0 spiro atoms. The highest BCUT2D eigenvalue weighted by molar-refractivity contribution is 7.25. The topological polar surface area (TPSA) is 4.93 Å². The predicted molar refractivity (Wildman–Crippen MR) is 107 cm³/mol. The van der Waals surface area contributed by atoms with Crippen LogP contribution in [0.2, 0.25) is 0 Å². The Bertz CT molecular complexity index is 1220. The zero-order chi connectivity index (χ0) is 16.3. The van der Waals surface area contributed by atoms with E-state index in [1.807, 2.05) is 11.3 Å². The van der Waals surface area contributed by atoms with Crippen molar-refractivity contribution >= 4 is 53.3 Å². The number of thiophene rings is 1. The first kappa shape index (κ1) is 14.1. The van der Waals surface area contributed by atoms with Crippen molar-refractivity contribution in [3.8, 4) is 0 Å². The average Bonchev–Trinajstić information content (AvgIpc) is 3.09. The fourth-order valence-electron chi connectivity index (χ4n) is 3.92. The van der Waals surface area contributed by atoms with Gasteiger partial charge in [0.25, 0.3) is 0 Å². The third kappa shape index (κ3) is 1.87. The van der Waals surface area contributed by atoms with Gasteiger partial charge in [-0.25, -0.2) is 0 Å². The van der Waals surface area contributed by atoms with Gasteiger partial charge in [-0.1, -0.05) is 43.7 Å². The molecular weight excluding hydrogens is 310 g/mol. The summed E-state index contributed by atoms with van der Waals surface area (Å²) in [5.41, 5.74) is 4.08. The fraction of sp³-hybridized carbons (Fsp3) is 0.182. The maximum atomic E-state index is 2.39. The molecule has 0 fully saturated rings. The van der Waals surface area contributed by atoms with Crippen LogP contribution in [0.15, 0.2) is 54.6 Å². The van der Waals surface area contributed by atoms with Crippen molar-refractivity contribution in [1.29, 1.82) is 0 Å². The Morgan fingerprint density at radius 2 is 1.62 bits per heavy atom. The smallest absolute Gasteiger partial charge is 0.0503 e. The quantitative estimate of drug-likeness (QED) is 0.341. The molecule has 0 unspecified atom stereocenters. The van der Waals surface area contributed by atoms with Crippen LogP contribution in [0.5, 0.6) is 0 Å². The number of hydrogen-bond donors (Lipinski definition) is 0. The van der Waals surface area contributed by atoms with Crippen molar-refractivity contribution in [1.82, 2.24) is 4.57 Å². The fourth-order valence-corrected chi connectivity index (χ4v) is 5.10. The van der Waals surface area contributed by atoms with Crippen molar-refractivity contribution in [3.63, 3.8) is 0 Å². The minimum atomic E-state index is 1.16. The van der Waals surface area contributed by atoms with Gasteiger partial charge < -0.3 is 4.57 Å². The van der Waals surface area contributed by atoms with Crippen LogP contribution in [-0.2, 0) is 13.5 Å². The molecule has 0 saturated heterocycles. The summed E-state index contributed by atoms with van der Waals surface area (Å²) in [6, 6.07) is 20.5. The monoisotopic (exact) mass is 329 g/mol. The molecule has 3 aromatic carbocycles. The first-order valence-electron chi connectivity index (χ1n) is 8.58. The van der Waals surface area contributed by atoms with Crippen LogP contribution >= 0.6 is 11.3 Å². The standard InChI is InChI=1S/C22H19NS/c1-3-6-14-9-10-16-18-12-17-15-7-4-5-8-19(15)23(2)20(17)13-22(18)24-21(16)11-14/h4-5,7-13H,3,6H2,1-2H3. The van der Waals surface area contributed by atoms with Gasteiger partial charge in [0.05, 0.1) is 5.52 Å². The highest BCUT2D eigenvalue weighted by atomic mass is 32.1. The molecule has 0 saturated carbocycles. The maximum absolute atomic E-state index is 2.39. The van der Waals surface area contributed by atoms with Crippen LogP contribution in [0, 0.1) is 0 Å². The highest BCUT2D eigenvalue weighted by Gasteiger charge is 2.12. The molecule has 118 valence electrons. The van der Waals surface area contributed by atoms with Gasteiger partial charge in [-0.15, -0.1) is 11.3 Å². The summed E-state index contributed by atoms with van der Waals surface area (Å²) in [4.78, 5) is 0. The second-order valence-electron chi connectivity index (χ2n) is 6.62. The molecule has 0 radical (unpaired) electrons. The number of aryl methyl sites for hydroxylation is 2. The van der Waals surface area contributed by atoms with Crippen LogP contribution in [-0.4, -0.2) is 4.57 Å². The second kappa shape index (κ2) is 5.09. The third-order valence-electron chi connectivity index (χ3n) is 5.11. The van der Waals surface area contributed by atoms with Crippen molar-refractivity contribution < 1.29 is 0 Å². The van der Waals surface area contributed by atoms with E-state index in [0.717, 1.165) is 6.42 Å². The predicted octanol–water partition coefficient (Wildman–Crippen LogP) is 6.65. The normalized spacial score (nSPS) is 12.1. The molecule has 0 N–H and O–H groups in total. The molecule has 2 heteroatoms. The number of hydrogen-bond acceptors (Lipinski definition) is 1. The molecule has 24 heavy (non-hydrogen) atoms. The van der Waals surface area contributed by atoms with Gasteiger partial charge in [-0.05, 0) is 36.2 Å². The van der Waals surface area contributed by atoms with Crippen molar-refractivity contribution in [2.24, 2.45) is 7.05 Å². The molecule has 5 rings (SSSR count). The molecule has 0 amide bonds. The van der Waals surface area contributed by atoms with E-state index in [1.165, 1.54) is 54.0 Å². The van der Waals surface area contributed by atoms with Crippen LogP contribution < -0.4 is 0 Å². The van der Waals surface area contributed by atoms with Gasteiger partial charge in [0, 0.05) is 43.5 Å². The minimum absolute atomic E-state index is 1.16. The lowest BCUT2D eigenvalue weighted by Gasteiger charge is -1.99. The van der Waals surface area contributed by atoms with E-state index < -0.39 is 0 Å². The lowest BCUT2D eigenvalue weighted by Crippen LogP contribution is -1.85. The number of nitrogens with zero attached hydrogens (tertiary/aromatic N) is 1. The molecule has 0 aliphatic rings. The summed E-state index contributed by atoms with van der Waals surface area (Å²) < 4.78 is 5.12. The van der Waals surface area contributed by atoms with Crippen LogP contribution in [0.1, 0.15) is 18.9 Å². The number of benzene rings is 3. The molecule has 2 heterocycles. The van der Waals surface area contributed by atoms with E-state index in [-0.39, 0.29) is 0 Å². The molecule has 1 nitrogen and oxygen atoms in total. The van der Waals surface area contributed by atoms with Crippen LogP contribution in [0.4, 0.5) is 0 Å². The molecule has 5 aromatic rings. The lowest BCUT2D eigenvalue weighted by atomic mass is 10.1. The molecular formula is C22H19NS. The summed E-state index contributed by atoms with van der Waals surface area (Å²) >= 11 is 1.92. The number of rotatable bonds is 2. The Hall–Kier alpha value is -2.32. The van der Waals surface area contributed by atoms with Gasteiger partial charge in [0.1, 0.15) is 0 Å². The van der Waals surface area contributed by atoms with Crippen LogP contribution in [0.25, 0.3) is 42.0 Å². The highest BCUT2D eigenvalue weighted by Crippen LogP contribution is 2.39. The van der Waals surface area contributed by atoms with Crippen molar-refractivity contribution in [3.05, 3.63) is 60.2 Å². The Balaban J connectivity index is 1.89. The largest absolute Gasteiger partial charge is 0.344 e. The Morgan fingerprint density at radius 3 is 2.50 bits per heavy atom. The third-order valence-corrected chi connectivity index (χ3v) is 6.22. The Labute approximate surface area is 145 Å². The molecule has 2 aromatic heterocycles. The molecule has 0 aliphatic heterocycles. The Kier molecular flexibility index (Phi) is 2.98. The van der Waals surface area contributed by atoms with E-state index in [0.29, 0.717) is 0 Å². The lowest BCUT2D eigenvalue weighted by molar-refractivity contribution is 0.924. The number of para-hydroxylation sites is 1. The minimum Gasteiger partial charge on any atom is -0.344 e. The SMILES string of the molecule is CCCc1ccc2c(c1)sc1cc3c(cc12)c1ccccc1n3C. The van der Waals surface area contributed by atoms with Crippen LogP contribution in [0.3, 0.4) is 0 Å². The number of fused-ring (bicyclic) bond motifs is 6. The van der Waals surface area contributed by atoms with E-state index in [4.69, 9.17) is 0 Å². The summed E-state index contributed by atoms with van der Waals surface area (Å²) in [6.45, 7) is 2.24. The summed E-state index contributed by atoms with van der Waals surface area (Å²) in [6.07, 6.45) is 2.36. The molecule has 0 bridgehead atoms. The molecule has 0 atom stereocenters. The van der Waals surface area contributed by atoms with E-state index >= 15 is 0 Å². The van der Waals surface area contributed by atoms with E-state index in [2.05, 4.69) is 73.1 Å². The van der Waals surface area contributed by atoms with Gasteiger partial charge in [-0.2, -0.15) is 0 Å². The van der Waals surface area contributed by atoms with Gasteiger partial charge >= 0.3 is 0 Å². The van der Waals surface area contributed by atoms with Crippen molar-refractivity contribution in [2.45, 2.75) is 19.8 Å². The summed E-state index contributed by atoms with van der Waals surface area (Å²) in [7, 11) is 2.17. The first-order valence-corrected chi connectivity index (χ1v) is 9.40. The maximum Gasteiger partial charge on any atom is 0.0503 e. The summed E-state index contributed by atoms with van der Waals surface area (Å²) in [5.74, 6) is 0. The van der Waals surface area contributed by atoms with E-state index in [9.17, 15) is 0 Å². The van der Waals surface area contributed by atoms with Gasteiger partial charge in [-0.3, -0.25) is 0 Å². The second-order valence-corrected chi connectivity index (χ2v) is 7.71. The average molecular weight is 329 g/mol. The van der Waals surface area contributed by atoms with E-state index in [1.54, 1.807) is 0 Å². The zero-order valence-electron chi connectivity index (χ0n) is 14.0. The van der Waals surface area contributed by atoms with Crippen molar-refractivity contribution in [2.75, 3.05) is 0 Å². The zero-order valence-corrected chi connectivity index (χ0v) is 14.8. The molecule has 0 aliphatic carbocycles. The van der Waals surface area contributed by atoms with Gasteiger partial charge in [0.15, 0.2) is 0 Å². The number of aromatic nitrogens is 1. The first-order chi connectivity index (χ1) is 11.8. The summed E-state index contributed by atoms with van der Waals surface area (Å²) in [5, 5.41) is 5.49.